The molecule has 154 valence electrons. The van der Waals surface area contributed by atoms with Gasteiger partial charge in [-0.3, -0.25) is 9.89 Å². The molecule has 0 radical (unpaired) electrons. The molecule has 1 aromatic rings. The van der Waals surface area contributed by atoms with E-state index in [1.54, 1.807) is 0 Å². The molecule has 3 unspecified atom stereocenters. The average Bonchev–Trinajstić information content (AvgIpc) is 3.14. The first-order chi connectivity index (χ1) is 14.2. The van der Waals surface area contributed by atoms with Crippen molar-refractivity contribution >= 4 is 5.96 Å². The molecule has 2 aliphatic heterocycles. The smallest absolute Gasteiger partial charge is 0.193 e. The highest BCUT2D eigenvalue weighted by atomic mass is 16.5. The van der Waals surface area contributed by atoms with Crippen molar-refractivity contribution in [2.75, 3.05) is 39.8 Å². The number of guanidine groups is 1. The van der Waals surface area contributed by atoms with Gasteiger partial charge in [0.25, 0.3) is 0 Å². The number of nitrogens with zero attached hydrogens (tertiary/aromatic N) is 4. The Morgan fingerprint density at radius 3 is 2.62 bits per heavy atom. The first kappa shape index (κ1) is 18.9. The molecule has 0 amide bonds. The summed E-state index contributed by atoms with van der Waals surface area (Å²) >= 11 is 0. The zero-order valence-electron chi connectivity index (χ0n) is 17.3. The van der Waals surface area contributed by atoms with Gasteiger partial charge in [0.15, 0.2) is 5.96 Å². The topological polar surface area (TPSA) is 63.9 Å². The summed E-state index contributed by atoms with van der Waals surface area (Å²) in [5.74, 6) is 1.74. The minimum atomic E-state index is 0.383. The Hall–Kier alpha value is -2.10. The minimum absolute atomic E-state index is 0.383. The molecule has 0 bridgehead atoms. The molecule has 6 nitrogen and oxygen atoms in total. The van der Waals surface area contributed by atoms with E-state index < -0.39 is 0 Å². The number of rotatable bonds is 3. The quantitative estimate of drug-likeness (QED) is 0.630. The van der Waals surface area contributed by atoms with Gasteiger partial charge in [0.05, 0.1) is 17.7 Å². The summed E-state index contributed by atoms with van der Waals surface area (Å²) in [7, 11) is 1.92. The monoisotopic (exact) mass is 393 g/mol. The first-order valence-electron chi connectivity index (χ1n) is 11.0. The van der Waals surface area contributed by atoms with Crippen LogP contribution in [0, 0.1) is 22.7 Å². The number of aliphatic imine (C=N–C) groups is 1. The Labute approximate surface area is 173 Å². The molecule has 1 spiro atoms. The van der Waals surface area contributed by atoms with Gasteiger partial charge >= 0.3 is 0 Å². The Balaban J connectivity index is 1.16. The normalized spacial score (nSPS) is 31.0. The highest BCUT2D eigenvalue weighted by Gasteiger charge is 2.66. The van der Waals surface area contributed by atoms with E-state index in [1.807, 2.05) is 19.2 Å². The number of piperazine rings is 1. The maximum atomic E-state index is 8.95. The fraction of sp³-hybridized carbons (Fsp3) is 0.652. The molecular weight excluding hydrogens is 362 g/mol. The summed E-state index contributed by atoms with van der Waals surface area (Å²) in [6, 6.07) is 10.7. The van der Waals surface area contributed by atoms with Gasteiger partial charge in [-0.15, -0.1) is 0 Å². The Morgan fingerprint density at radius 2 is 2.00 bits per heavy atom. The largest absolute Gasteiger partial charge is 0.377 e. The molecular formula is C23H31N5O. The fourth-order valence-electron chi connectivity index (χ4n) is 5.95. The van der Waals surface area contributed by atoms with Gasteiger partial charge in [-0.2, -0.15) is 5.26 Å². The fourth-order valence-corrected chi connectivity index (χ4v) is 5.95. The van der Waals surface area contributed by atoms with Crippen LogP contribution in [0.3, 0.4) is 0 Å². The molecule has 2 saturated carbocycles. The number of hydrogen-bond acceptors (Lipinski definition) is 4. The van der Waals surface area contributed by atoms with Crippen molar-refractivity contribution in [1.29, 1.82) is 5.26 Å². The van der Waals surface area contributed by atoms with Crippen LogP contribution in [0.4, 0.5) is 0 Å². The third-order valence-electron chi connectivity index (χ3n) is 7.69. The predicted molar refractivity (Wildman–Crippen MR) is 112 cm³/mol. The summed E-state index contributed by atoms with van der Waals surface area (Å²) < 4.78 is 6.07. The van der Waals surface area contributed by atoms with Crippen molar-refractivity contribution in [2.24, 2.45) is 16.3 Å². The van der Waals surface area contributed by atoms with Crippen molar-refractivity contribution in [3.8, 4) is 6.07 Å². The van der Waals surface area contributed by atoms with E-state index >= 15 is 0 Å². The number of fused-ring (bicyclic) bond motifs is 2. The van der Waals surface area contributed by atoms with E-state index in [1.165, 1.54) is 31.2 Å². The number of ether oxygens (including phenoxy) is 1. The van der Waals surface area contributed by atoms with Crippen molar-refractivity contribution in [1.82, 2.24) is 15.1 Å². The lowest BCUT2D eigenvalue weighted by Gasteiger charge is -2.63. The van der Waals surface area contributed by atoms with Gasteiger partial charge in [-0.25, -0.2) is 0 Å². The maximum Gasteiger partial charge on any atom is 0.193 e. The molecule has 1 N–H and O–H groups in total. The molecule has 6 heteroatoms. The lowest BCUT2D eigenvalue weighted by Crippen LogP contribution is -2.73. The molecule has 2 saturated heterocycles. The summed E-state index contributed by atoms with van der Waals surface area (Å²) in [4.78, 5) is 9.55. The van der Waals surface area contributed by atoms with Crippen LogP contribution >= 0.6 is 0 Å². The molecule has 4 fully saturated rings. The molecule has 5 rings (SSSR count). The van der Waals surface area contributed by atoms with Crippen molar-refractivity contribution in [3.63, 3.8) is 0 Å². The van der Waals surface area contributed by atoms with Gasteiger partial charge in [0.1, 0.15) is 0 Å². The molecule has 4 aliphatic rings. The highest BCUT2D eigenvalue weighted by molar-refractivity contribution is 5.80. The summed E-state index contributed by atoms with van der Waals surface area (Å²) in [5, 5.41) is 12.8. The third kappa shape index (κ3) is 3.21. The van der Waals surface area contributed by atoms with Crippen LogP contribution in [-0.4, -0.2) is 67.7 Å². The summed E-state index contributed by atoms with van der Waals surface area (Å²) in [6.45, 7) is 5.94. The lowest BCUT2D eigenvalue weighted by molar-refractivity contribution is -0.171. The van der Waals surface area contributed by atoms with E-state index in [2.05, 4.69) is 38.3 Å². The van der Waals surface area contributed by atoms with Gasteiger partial charge in [-0.1, -0.05) is 18.6 Å². The second-order valence-electron chi connectivity index (χ2n) is 9.07. The molecule has 0 aromatic heterocycles. The SMILES string of the molecule is CN=C(NC1C2CCOC2C12CCC2)N1CCN(Cc2ccc(C#N)cc2)CC1. The van der Waals surface area contributed by atoms with Crippen LogP contribution in [0.5, 0.6) is 0 Å². The van der Waals surface area contributed by atoms with Crippen LogP contribution < -0.4 is 5.32 Å². The second-order valence-corrected chi connectivity index (χ2v) is 9.07. The molecule has 2 heterocycles. The minimum Gasteiger partial charge on any atom is -0.377 e. The zero-order valence-corrected chi connectivity index (χ0v) is 17.3. The maximum absolute atomic E-state index is 8.95. The molecule has 29 heavy (non-hydrogen) atoms. The molecule has 1 aromatic carbocycles. The van der Waals surface area contributed by atoms with Crippen LogP contribution in [0.1, 0.15) is 36.8 Å². The van der Waals surface area contributed by atoms with Crippen LogP contribution in [0.25, 0.3) is 0 Å². The van der Waals surface area contributed by atoms with Gasteiger partial charge in [0, 0.05) is 63.8 Å². The first-order valence-corrected chi connectivity index (χ1v) is 11.0. The predicted octanol–water partition coefficient (Wildman–Crippen LogP) is 2.21. The second kappa shape index (κ2) is 7.62. The van der Waals surface area contributed by atoms with Gasteiger partial charge in [-0.05, 0) is 37.0 Å². The van der Waals surface area contributed by atoms with Crippen LogP contribution in [-0.2, 0) is 11.3 Å². The van der Waals surface area contributed by atoms with Crippen molar-refractivity contribution in [3.05, 3.63) is 35.4 Å². The highest BCUT2D eigenvalue weighted by Crippen LogP contribution is 2.62. The third-order valence-corrected chi connectivity index (χ3v) is 7.69. The van der Waals surface area contributed by atoms with E-state index in [0.717, 1.165) is 50.9 Å². The van der Waals surface area contributed by atoms with Gasteiger partial charge in [0.2, 0.25) is 0 Å². The van der Waals surface area contributed by atoms with Crippen molar-refractivity contribution < 1.29 is 4.74 Å². The zero-order chi connectivity index (χ0) is 19.8. The standard InChI is InChI=1S/C23H31N5O/c1-25-22(26-20-19-7-14-29-21(19)23(20)8-2-9-23)28-12-10-27(11-13-28)16-18-5-3-17(15-24)4-6-18/h3-6,19-21H,2,7-14,16H2,1H3,(H,25,26). The number of hydrogen-bond donors (Lipinski definition) is 1. The average molecular weight is 394 g/mol. The van der Waals surface area contributed by atoms with Gasteiger partial charge < -0.3 is 15.0 Å². The van der Waals surface area contributed by atoms with Crippen LogP contribution in [0.2, 0.25) is 0 Å². The van der Waals surface area contributed by atoms with E-state index in [0.29, 0.717) is 23.5 Å². The summed E-state index contributed by atoms with van der Waals surface area (Å²) in [5.41, 5.74) is 2.38. The summed E-state index contributed by atoms with van der Waals surface area (Å²) in [6.07, 6.45) is 5.65. The Kier molecular flexibility index (Phi) is 4.97. The van der Waals surface area contributed by atoms with E-state index in [4.69, 9.17) is 10.00 Å². The molecule has 3 atom stereocenters. The van der Waals surface area contributed by atoms with E-state index in [-0.39, 0.29) is 0 Å². The molecule has 2 aliphatic carbocycles. The van der Waals surface area contributed by atoms with E-state index in [9.17, 15) is 0 Å². The number of benzene rings is 1. The number of nitrogens with one attached hydrogen (secondary N) is 1. The Morgan fingerprint density at radius 1 is 1.24 bits per heavy atom. The van der Waals surface area contributed by atoms with Crippen molar-refractivity contribution in [2.45, 2.75) is 44.4 Å². The lowest BCUT2D eigenvalue weighted by atomic mass is 9.46. The Bertz CT molecular complexity index is 802. The van der Waals surface area contributed by atoms with Crippen LogP contribution in [0.15, 0.2) is 29.3 Å². The number of nitriles is 1.